The first kappa shape index (κ1) is 11.9. The molecule has 0 atom stereocenters. The Bertz CT molecular complexity index is 582. The molecule has 5 heteroatoms. The maximum atomic E-state index is 12.0. The Kier molecular flexibility index (Phi) is 3.43. The smallest absolute Gasteiger partial charge is 0.336 e. The summed E-state index contributed by atoms with van der Waals surface area (Å²) >= 11 is 0. The van der Waals surface area contributed by atoms with Crippen molar-refractivity contribution in [3.05, 3.63) is 59.7 Å². The Morgan fingerprint density at radius 2 is 1.61 bits per heavy atom. The summed E-state index contributed by atoms with van der Waals surface area (Å²) in [5.41, 5.74) is 0.177. The van der Waals surface area contributed by atoms with Crippen molar-refractivity contribution in [1.29, 1.82) is 0 Å². The Morgan fingerprint density at radius 1 is 1.00 bits per heavy atom. The van der Waals surface area contributed by atoms with E-state index >= 15 is 0 Å². The first-order chi connectivity index (χ1) is 8.68. The molecule has 0 unspecified atom stereocenters. The second-order valence-electron chi connectivity index (χ2n) is 3.62. The average Bonchev–Trinajstić information content (AvgIpc) is 2.40. The molecule has 1 heterocycles. The summed E-state index contributed by atoms with van der Waals surface area (Å²) < 4.78 is 0. The lowest BCUT2D eigenvalue weighted by Gasteiger charge is -2.04. The number of rotatable bonds is 4. The van der Waals surface area contributed by atoms with Crippen molar-refractivity contribution in [3.8, 4) is 0 Å². The molecule has 0 spiro atoms. The summed E-state index contributed by atoms with van der Waals surface area (Å²) in [6.45, 7) is 0. The van der Waals surface area contributed by atoms with E-state index in [1.165, 1.54) is 12.1 Å². The van der Waals surface area contributed by atoms with Crippen LogP contribution in [0.2, 0.25) is 0 Å². The molecule has 1 aromatic carbocycles. The summed E-state index contributed by atoms with van der Waals surface area (Å²) in [7, 11) is 0. The monoisotopic (exact) mass is 242 g/mol. The number of Topliss-reactive ketones (excluding diaryl/α,β-unsaturated/α-hetero) is 1. The number of carbonyl (C=O) groups is 2. The lowest BCUT2D eigenvalue weighted by Crippen LogP contribution is -2.12. The van der Waals surface area contributed by atoms with Crippen LogP contribution < -0.4 is 0 Å². The van der Waals surface area contributed by atoms with Crippen LogP contribution in [0.25, 0.3) is 0 Å². The van der Waals surface area contributed by atoms with Crippen molar-refractivity contribution in [1.82, 2.24) is 9.97 Å². The van der Waals surface area contributed by atoms with E-state index in [0.29, 0.717) is 5.82 Å². The van der Waals surface area contributed by atoms with E-state index in [1.807, 2.05) is 0 Å². The van der Waals surface area contributed by atoms with Crippen LogP contribution in [0.3, 0.4) is 0 Å². The summed E-state index contributed by atoms with van der Waals surface area (Å²) in [6, 6.07) is 7.76. The van der Waals surface area contributed by atoms with Gasteiger partial charge in [0.25, 0.3) is 0 Å². The van der Waals surface area contributed by atoms with Crippen LogP contribution in [0.5, 0.6) is 0 Å². The molecule has 2 rings (SSSR count). The molecule has 0 radical (unpaired) electrons. The van der Waals surface area contributed by atoms with Gasteiger partial charge in [0.15, 0.2) is 5.78 Å². The molecular weight excluding hydrogens is 232 g/mol. The van der Waals surface area contributed by atoms with Crippen molar-refractivity contribution < 1.29 is 14.7 Å². The lowest BCUT2D eigenvalue weighted by atomic mass is 10.0. The van der Waals surface area contributed by atoms with Crippen LogP contribution in [0, 0.1) is 0 Å². The Morgan fingerprint density at radius 3 is 2.22 bits per heavy atom. The van der Waals surface area contributed by atoms with Gasteiger partial charge in [-0.05, 0) is 12.1 Å². The van der Waals surface area contributed by atoms with Crippen LogP contribution in [-0.2, 0) is 6.42 Å². The van der Waals surface area contributed by atoms with Crippen LogP contribution >= 0.6 is 0 Å². The molecule has 0 bridgehead atoms. The molecule has 0 aliphatic carbocycles. The molecular formula is C13H10N2O3. The molecule has 0 aliphatic heterocycles. The van der Waals surface area contributed by atoms with Gasteiger partial charge in [-0.15, -0.1) is 0 Å². The fourth-order valence-electron chi connectivity index (χ4n) is 1.57. The third kappa shape index (κ3) is 2.57. The van der Waals surface area contributed by atoms with Gasteiger partial charge in [0, 0.05) is 18.0 Å². The highest BCUT2D eigenvalue weighted by Gasteiger charge is 2.16. The fourth-order valence-corrected chi connectivity index (χ4v) is 1.57. The number of carbonyl (C=O) groups excluding carboxylic acids is 1. The van der Waals surface area contributed by atoms with Crippen LogP contribution in [0.4, 0.5) is 0 Å². The van der Waals surface area contributed by atoms with E-state index in [1.54, 1.807) is 30.6 Å². The molecule has 0 fully saturated rings. The number of hydrogen-bond donors (Lipinski definition) is 1. The molecule has 0 saturated carbocycles. The summed E-state index contributed by atoms with van der Waals surface area (Å²) in [4.78, 5) is 30.9. The highest BCUT2D eigenvalue weighted by atomic mass is 16.4. The Balaban J connectivity index is 2.27. The maximum absolute atomic E-state index is 12.0. The van der Waals surface area contributed by atoms with E-state index < -0.39 is 5.97 Å². The van der Waals surface area contributed by atoms with Gasteiger partial charge in [-0.1, -0.05) is 18.2 Å². The molecule has 18 heavy (non-hydrogen) atoms. The number of hydrogen-bond acceptors (Lipinski definition) is 4. The van der Waals surface area contributed by atoms with Crippen molar-refractivity contribution >= 4 is 11.8 Å². The molecule has 5 nitrogen and oxygen atoms in total. The van der Waals surface area contributed by atoms with Gasteiger partial charge < -0.3 is 5.11 Å². The van der Waals surface area contributed by atoms with Gasteiger partial charge in [0.1, 0.15) is 5.82 Å². The minimum absolute atomic E-state index is 0.00145. The van der Waals surface area contributed by atoms with Gasteiger partial charge >= 0.3 is 5.97 Å². The Labute approximate surface area is 103 Å². The van der Waals surface area contributed by atoms with Gasteiger partial charge in [-0.2, -0.15) is 0 Å². The van der Waals surface area contributed by atoms with Crippen LogP contribution in [0.1, 0.15) is 26.5 Å². The van der Waals surface area contributed by atoms with Gasteiger partial charge in [0.05, 0.1) is 12.0 Å². The minimum atomic E-state index is -1.12. The predicted molar refractivity (Wildman–Crippen MR) is 63.5 cm³/mol. The maximum Gasteiger partial charge on any atom is 0.336 e. The second-order valence-corrected chi connectivity index (χ2v) is 3.62. The first-order valence-electron chi connectivity index (χ1n) is 5.30. The van der Waals surface area contributed by atoms with Crippen LogP contribution in [0.15, 0.2) is 42.7 Å². The lowest BCUT2D eigenvalue weighted by molar-refractivity contribution is 0.0692. The zero-order chi connectivity index (χ0) is 13.0. The number of carboxylic acid groups (broad SMARTS) is 1. The molecule has 1 N–H and O–H groups in total. The number of aromatic nitrogens is 2. The molecule has 90 valence electrons. The number of aromatic carboxylic acids is 1. The highest BCUT2D eigenvalue weighted by molar-refractivity contribution is 6.06. The number of nitrogens with zero attached hydrogens (tertiary/aromatic N) is 2. The summed E-state index contributed by atoms with van der Waals surface area (Å²) in [5, 5.41) is 9.00. The Hall–Kier alpha value is -2.56. The number of ketones is 1. The van der Waals surface area contributed by atoms with E-state index in [4.69, 9.17) is 5.11 Å². The topological polar surface area (TPSA) is 80.1 Å². The van der Waals surface area contributed by atoms with Crippen LogP contribution in [-0.4, -0.2) is 26.8 Å². The van der Waals surface area contributed by atoms with E-state index in [2.05, 4.69) is 9.97 Å². The standard InChI is InChI=1S/C13H10N2O3/c16-11(8-12-14-6-3-7-15-12)9-4-1-2-5-10(9)13(17)18/h1-7H,8H2,(H,17,18). The largest absolute Gasteiger partial charge is 0.478 e. The van der Waals surface area contributed by atoms with E-state index in [0.717, 1.165) is 0 Å². The zero-order valence-electron chi connectivity index (χ0n) is 9.41. The van der Waals surface area contributed by atoms with E-state index in [9.17, 15) is 9.59 Å². The third-order valence-corrected chi connectivity index (χ3v) is 2.40. The normalized spacial score (nSPS) is 10.0. The molecule has 0 amide bonds. The summed E-state index contributed by atoms with van der Waals surface area (Å²) in [6.07, 6.45) is 3.07. The molecule has 1 aromatic heterocycles. The SMILES string of the molecule is O=C(O)c1ccccc1C(=O)Cc1ncccn1. The van der Waals surface area contributed by atoms with Crippen molar-refractivity contribution in [2.45, 2.75) is 6.42 Å². The highest BCUT2D eigenvalue weighted by Crippen LogP contribution is 2.11. The average molecular weight is 242 g/mol. The van der Waals surface area contributed by atoms with Gasteiger partial charge in [-0.25, -0.2) is 14.8 Å². The predicted octanol–water partition coefficient (Wildman–Crippen LogP) is 1.60. The second kappa shape index (κ2) is 5.18. The summed E-state index contributed by atoms with van der Waals surface area (Å²) in [5.74, 6) is -1.05. The van der Waals surface area contributed by atoms with Gasteiger partial charge in [0.2, 0.25) is 0 Å². The molecule has 0 aliphatic rings. The molecule has 0 saturated heterocycles. The van der Waals surface area contributed by atoms with Crippen molar-refractivity contribution in [2.24, 2.45) is 0 Å². The van der Waals surface area contributed by atoms with Crippen molar-refractivity contribution in [3.63, 3.8) is 0 Å². The van der Waals surface area contributed by atoms with Gasteiger partial charge in [-0.3, -0.25) is 4.79 Å². The van der Waals surface area contributed by atoms with E-state index in [-0.39, 0.29) is 23.3 Å². The third-order valence-electron chi connectivity index (χ3n) is 2.40. The van der Waals surface area contributed by atoms with Crippen molar-refractivity contribution in [2.75, 3.05) is 0 Å². The quantitative estimate of drug-likeness (QED) is 0.823. The number of benzene rings is 1. The fraction of sp³-hybridized carbons (Fsp3) is 0.0769. The number of carboxylic acids is 1. The zero-order valence-corrected chi connectivity index (χ0v) is 9.41. The first-order valence-corrected chi connectivity index (χ1v) is 5.30. The minimum Gasteiger partial charge on any atom is -0.478 e. The molecule has 2 aromatic rings.